The minimum atomic E-state index is -1.13. The molecule has 158 valence electrons. The largest absolute Gasteiger partial charge is 0.324 e. The van der Waals surface area contributed by atoms with Crippen LogP contribution in [0.1, 0.15) is 29.5 Å². The van der Waals surface area contributed by atoms with Gasteiger partial charge in [-0.3, -0.25) is 19.3 Å². The summed E-state index contributed by atoms with van der Waals surface area (Å²) in [6.45, 7) is 4.62. The van der Waals surface area contributed by atoms with Crippen LogP contribution in [0.25, 0.3) is 0 Å². The molecule has 4 aliphatic heterocycles. The molecule has 6 nitrogen and oxygen atoms in total. The van der Waals surface area contributed by atoms with Crippen LogP contribution in [0.2, 0.25) is 0 Å². The molecule has 3 fully saturated rings. The number of hydrogen-bond donors (Lipinski definition) is 1. The monoisotopic (exact) mass is 479 g/mol. The van der Waals surface area contributed by atoms with Crippen molar-refractivity contribution < 1.29 is 14.4 Å². The van der Waals surface area contributed by atoms with E-state index in [9.17, 15) is 14.4 Å². The molecule has 3 saturated heterocycles. The van der Waals surface area contributed by atoms with E-state index in [1.165, 1.54) is 4.90 Å². The molecular formula is C24H22BrN3O3. The summed E-state index contributed by atoms with van der Waals surface area (Å²) in [6.07, 6.45) is 1.73. The number of benzene rings is 2. The van der Waals surface area contributed by atoms with Gasteiger partial charge in [0.2, 0.25) is 17.7 Å². The van der Waals surface area contributed by atoms with Gasteiger partial charge in [0.1, 0.15) is 5.54 Å². The number of nitrogens with one attached hydrogen (secondary N) is 1. The van der Waals surface area contributed by atoms with Crippen LogP contribution in [0.5, 0.6) is 0 Å². The third-order valence-corrected chi connectivity index (χ3v) is 8.04. The molecule has 4 heterocycles. The zero-order chi connectivity index (χ0) is 21.7. The second-order valence-corrected chi connectivity index (χ2v) is 10.0. The Hall–Kier alpha value is -2.51. The minimum Gasteiger partial charge on any atom is -0.324 e. The van der Waals surface area contributed by atoms with Crippen molar-refractivity contribution in [2.24, 2.45) is 11.8 Å². The fourth-order valence-corrected chi connectivity index (χ4v) is 6.83. The molecule has 6 rings (SSSR count). The van der Waals surface area contributed by atoms with E-state index >= 15 is 0 Å². The van der Waals surface area contributed by atoms with Crippen LogP contribution in [0.4, 0.5) is 11.4 Å². The zero-order valence-electron chi connectivity index (χ0n) is 17.3. The van der Waals surface area contributed by atoms with Crippen LogP contribution >= 0.6 is 15.9 Å². The maximum absolute atomic E-state index is 14.0. The highest BCUT2D eigenvalue weighted by Gasteiger charge is 2.74. The van der Waals surface area contributed by atoms with Gasteiger partial charge in [0.15, 0.2) is 0 Å². The van der Waals surface area contributed by atoms with E-state index in [1.54, 1.807) is 0 Å². The molecule has 3 amide bonds. The Kier molecular flexibility index (Phi) is 3.88. The van der Waals surface area contributed by atoms with Crippen LogP contribution in [0.3, 0.4) is 0 Å². The molecule has 2 aromatic rings. The van der Waals surface area contributed by atoms with Gasteiger partial charge in [-0.25, -0.2) is 4.90 Å². The van der Waals surface area contributed by atoms with E-state index in [4.69, 9.17) is 0 Å². The molecule has 0 saturated carbocycles. The van der Waals surface area contributed by atoms with Crippen LogP contribution in [-0.2, 0) is 19.9 Å². The Morgan fingerprint density at radius 2 is 1.87 bits per heavy atom. The summed E-state index contributed by atoms with van der Waals surface area (Å²) in [4.78, 5) is 44.8. The highest BCUT2D eigenvalue weighted by atomic mass is 79.9. The van der Waals surface area contributed by atoms with Crippen molar-refractivity contribution in [2.75, 3.05) is 16.8 Å². The molecule has 1 spiro atoms. The normalized spacial score (nSPS) is 31.4. The Morgan fingerprint density at radius 1 is 1.06 bits per heavy atom. The predicted octanol–water partition coefficient (Wildman–Crippen LogP) is 3.50. The number of amides is 3. The van der Waals surface area contributed by atoms with Crippen LogP contribution in [0.15, 0.2) is 40.9 Å². The molecule has 2 aromatic carbocycles. The number of carbonyl (C=O) groups excluding carboxylic acids is 3. The van der Waals surface area contributed by atoms with Crippen molar-refractivity contribution in [3.8, 4) is 0 Å². The number of hydrogen-bond acceptors (Lipinski definition) is 4. The lowest BCUT2D eigenvalue weighted by Crippen LogP contribution is -2.54. The SMILES string of the molecule is Cc1ccc(N2C(=O)[C@@H]3[C@@H]4CCCN4[C@]4(C(=O)Nc5ccc(Br)cc54)[C@H]3C2=O)c(C)c1. The Labute approximate surface area is 188 Å². The topological polar surface area (TPSA) is 69.7 Å². The molecule has 1 N–H and O–H groups in total. The second kappa shape index (κ2) is 6.26. The number of anilines is 2. The summed E-state index contributed by atoms with van der Waals surface area (Å²) in [7, 11) is 0. The van der Waals surface area contributed by atoms with Crippen LogP contribution in [-0.4, -0.2) is 35.2 Å². The fourth-order valence-electron chi connectivity index (χ4n) is 6.47. The molecule has 31 heavy (non-hydrogen) atoms. The van der Waals surface area contributed by atoms with E-state index in [1.807, 2.05) is 50.2 Å². The van der Waals surface area contributed by atoms with E-state index in [0.717, 1.165) is 39.7 Å². The molecular weight excluding hydrogens is 458 g/mol. The van der Waals surface area contributed by atoms with Gasteiger partial charge in [-0.05, 0) is 63.1 Å². The van der Waals surface area contributed by atoms with E-state index in [-0.39, 0.29) is 23.8 Å². The average molecular weight is 480 g/mol. The molecule has 4 aliphatic rings. The lowest BCUT2D eigenvalue weighted by atomic mass is 9.75. The Bertz CT molecular complexity index is 1190. The van der Waals surface area contributed by atoms with Gasteiger partial charge in [-0.2, -0.15) is 0 Å². The Balaban J connectivity index is 1.57. The zero-order valence-corrected chi connectivity index (χ0v) is 18.9. The van der Waals surface area contributed by atoms with Crippen molar-refractivity contribution in [1.82, 2.24) is 4.90 Å². The van der Waals surface area contributed by atoms with Gasteiger partial charge >= 0.3 is 0 Å². The lowest BCUT2D eigenvalue weighted by molar-refractivity contribution is -0.135. The summed E-state index contributed by atoms with van der Waals surface area (Å²) in [6, 6.07) is 11.3. The molecule has 7 heteroatoms. The smallest absolute Gasteiger partial charge is 0.250 e. The van der Waals surface area contributed by atoms with Gasteiger partial charge in [0.25, 0.3) is 0 Å². The predicted molar refractivity (Wildman–Crippen MR) is 120 cm³/mol. The lowest BCUT2D eigenvalue weighted by Gasteiger charge is -2.36. The summed E-state index contributed by atoms with van der Waals surface area (Å²) in [5, 5.41) is 3.01. The first-order valence-corrected chi connectivity index (χ1v) is 11.5. The highest BCUT2D eigenvalue weighted by Crippen LogP contribution is 2.61. The standard InChI is InChI=1S/C24H22BrN3O3/c1-12-5-8-17(13(2)10-12)28-21(29)19-18-4-3-9-27(18)24(20(19)22(28)30)15-11-14(25)6-7-16(15)26-23(24)31/h5-8,10-11,18-20H,3-4,9H2,1-2H3,(H,26,31)/t18-,19+,20+,24-/m0/s1. The summed E-state index contributed by atoms with van der Waals surface area (Å²) in [5.41, 5.74) is 2.98. The van der Waals surface area contributed by atoms with Gasteiger partial charge in [0, 0.05) is 21.8 Å². The molecule has 0 aromatic heterocycles. The number of imide groups is 1. The fraction of sp³-hybridized carbons (Fsp3) is 0.375. The van der Waals surface area contributed by atoms with Crippen molar-refractivity contribution in [1.29, 1.82) is 0 Å². The number of rotatable bonds is 1. The third-order valence-electron chi connectivity index (χ3n) is 7.55. The number of fused-ring (bicyclic) bond motifs is 7. The average Bonchev–Trinajstić information content (AvgIpc) is 3.42. The number of halogens is 1. The first kappa shape index (κ1) is 19.2. The van der Waals surface area contributed by atoms with Crippen molar-refractivity contribution in [3.63, 3.8) is 0 Å². The maximum atomic E-state index is 14.0. The van der Waals surface area contributed by atoms with Gasteiger partial charge < -0.3 is 5.32 Å². The van der Waals surface area contributed by atoms with E-state index in [2.05, 4.69) is 26.1 Å². The molecule has 0 bridgehead atoms. The molecule has 0 aliphatic carbocycles. The van der Waals surface area contributed by atoms with Crippen molar-refractivity contribution in [3.05, 3.63) is 57.6 Å². The molecule has 0 radical (unpaired) electrons. The molecule has 4 atom stereocenters. The van der Waals surface area contributed by atoms with Crippen molar-refractivity contribution >= 4 is 45.0 Å². The first-order chi connectivity index (χ1) is 14.9. The van der Waals surface area contributed by atoms with Crippen LogP contribution in [0, 0.1) is 25.7 Å². The maximum Gasteiger partial charge on any atom is 0.250 e. The molecule has 0 unspecified atom stereocenters. The van der Waals surface area contributed by atoms with Gasteiger partial charge in [0.05, 0.1) is 17.5 Å². The van der Waals surface area contributed by atoms with Gasteiger partial charge in [-0.15, -0.1) is 0 Å². The Morgan fingerprint density at radius 3 is 2.65 bits per heavy atom. The number of nitrogens with zero attached hydrogens (tertiary/aromatic N) is 2. The summed E-state index contributed by atoms with van der Waals surface area (Å²) < 4.78 is 0.851. The third kappa shape index (κ3) is 2.23. The quantitative estimate of drug-likeness (QED) is 0.635. The summed E-state index contributed by atoms with van der Waals surface area (Å²) >= 11 is 3.53. The van der Waals surface area contributed by atoms with Crippen molar-refractivity contribution in [2.45, 2.75) is 38.3 Å². The number of aryl methyl sites for hydroxylation is 2. The highest BCUT2D eigenvalue weighted by molar-refractivity contribution is 9.10. The van der Waals surface area contributed by atoms with E-state index in [0.29, 0.717) is 12.2 Å². The number of carbonyl (C=O) groups is 3. The summed E-state index contributed by atoms with van der Waals surface area (Å²) in [5.74, 6) is -1.86. The first-order valence-electron chi connectivity index (χ1n) is 10.7. The van der Waals surface area contributed by atoms with E-state index < -0.39 is 17.4 Å². The minimum absolute atomic E-state index is 0.104. The second-order valence-electron chi connectivity index (χ2n) is 9.12. The van der Waals surface area contributed by atoms with Gasteiger partial charge in [-0.1, -0.05) is 33.6 Å². The van der Waals surface area contributed by atoms with Crippen LogP contribution < -0.4 is 10.2 Å².